The third-order valence-electron chi connectivity index (χ3n) is 2.82. The Morgan fingerprint density at radius 3 is 2.44 bits per heavy atom. The monoisotopic (exact) mass is 270 g/mol. The predicted molar refractivity (Wildman–Crippen MR) is 76.8 cm³/mol. The van der Waals surface area contributed by atoms with Gasteiger partial charge in [-0.25, -0.2) is 8.42 Å². The van der Waals surface area contributed by atoms with E-state index in [1.807, 2.05) is 31.2 Å². The third-order valence-corrected chi connectivity index (χ3v) is 3.74. The van der Waals surface area contributed by atoms with Crippen LogP contribution < -0.4 is 10.6 Å². The fourth-order valence-electron chi connectivity index (χ4n) is 1.83. The Morgan fingerprint density at radius 1 is 1.22 bits per heavy atom. The maximum Gasteiger partial charge on any atom is 0.149 e. The number of sulfone groups is 1. The molecule has 0 atom stereocenters. The molecule has 5 heteroatoms. The zero-order valence-electron chi connectivity index (χ0n) is 11.1. The van der Waals surface area contributed by atoms with Crippen molar-refractivity contribution in [1.29, 1.82) is 0 Å². The summed E-state index contributed by atoms with van der Waals surface area (Å²) in [5, 5.41) is 0. The molecule has 0 aromatic heterocycles. The maximum atomic E-state index is 11.3. The number of hydrogen-bond donors (Lipinski definition) is 1. The van der Waals surface area contributed by atoms with Gasteiger partial charge in [-0.15, -0.1) is 0 Å². The molecule has 0 saturated carbocycles. The minimum Gasteiger partial charge on any atom is -0.370 e. The quantitative estimate of drug-likeness (QED) is 0.808. The summed E-state index contributed by atoms with van der Waals surface area (Å²) >= 11 is 0. The van der Waals surface area contributed by atoms with E-state index in [4.69, 9.17) is 5.73 Å². The Morgan fingerprint density at radius 2 is 1.89 bits per heavy atom. The molecular formula is C13H22N2O2S. The first-order valence-electron chi connectivity index (χ1n) is 6.12. The second-order valence-corrected chi connectivity index (χ2v) is 6.81. The van der Waals surface area contributed by atoms with Crippen molar-refractivity contribution in [1.82, 2.24) is 0 Å². The van der Waals surface area contributed by atoms with E-state index in [1.54, 1.807) is 0 Å². The van der Waals surface area contributed by atoms with Crippen LogP contribution in [0.15, 0.2) is 24.3 Å². The standard InChI is InChI=1S/C13H22N2O2S/c1-12-6-3-4-7-13(12)15(9-5-8-14)10-11-18(2,16)17/h3-4,6-7H,5,8-11,14H2,1-2H3. The van der Waals surface area contributed by atoms with Gasteiger partial charge < -0.3 is 10.6 Å². The van der Waals surface area contributed by atoms with Gasteiger partial charge in [0.15, 0.2) is 0 Å². The first-order chi connectivity index (χ1) is 8.44. The Labute approximate surface area is 110 Å². The van der Waals surface area contributed by atoms with Gasteiger partial charge in [-0.2, -0.15) is 0 Å². The van der Waals surface area contributed by atoms with Crippen molar-refractivity contribution in [2.24, 2.45) is 5.73 Å². The highest BCUT2D eigenvalue weighted by atomic mass is 32.2. The van der Waals surface area contributed by atoms with E-state index in [-0.39, 0.29) is 5.75 Å². The van der Waals surface area contributed by atoms with Gasteiger partial charge in [0.25, 0.3) is 0 Å². The molecule has 18 heavy (non-hydrogen) atoms. The highest BCUT2D eigenvalue weighted by molar-refractivity contribution is 7.90. The summed E-state index contributed by atoms with van der Waals surface area (Å²) < 4.78 is 22.5. The van der Waals surface area contributed by atoms with Crippen LogP contribution in [-0.2, 0) is 9.84 Å². The van der Waals surface area contributed by atoms with E-state index in [0.29, 0.717) is 13.1 Å². The molecule has 0 bridgehead atoms. The summed E-state index contributed by atoms with van der Waals surface area (Å²) in [4.78, 5) is 2.10. The molecule has 0 radical (unpaired) electrons. The molecule has 1 aromatic carbocycles. The van der Waals surface area contributed by atoms with Crippen molar-refractivity contribution in [2.45, 2.75) is 13.3 Å². The molecule has 0 aliphatic rings. The largest absolute Gasteiger partial charge is 0.370 e. The van der Waals surface area contributed by atoms with Gasteiger partial charge in [0.1, 0.15) is 9.84 Å². The minimum atomic E-state index is -2.94. The second kappa shape index (κ2) is 6.75. The van der Waals surface area contributed by atoms with Crippen LogP contribution in [0, 0.1) is 6.92 Å². The lowest BCUT2D eigenvalue weighted by Gasteiger charge is -2.26. The van der Waals surface area contributed by atoms with Crippen molar-refractivity contribution in [2.75, 3.05) is 36.5 Å². The van der Waals surface area contributed by atoms with Gasteiger partial charge in [0.2, 0.25) is 0 Å². The molecule has 0 fully saturated rings. The number of rotatable bonds is 7. The van der Waals surface area contributed by atoms with Crippen LogP contribution >= 0.6 is 0 Å². The molecule has 0 amide bonds. The smallest absolute Gasteiger partial charge is 0.149 e. The number of para-hydroxylation sites is 1. The van der Waals surface area contributed by atoms with E-state index in [1.165, 1.54) is 6.26 Å². The summed E-state index contributed by atoms with van der Waals surface area (Å²) in [5.74, 6) is 0.173. The fourth-order valence-corrected chi connectivity index (χ4v) is 2.38. The summed E-state index contributed by atoms with van der Waals surface area (Å²) in [6.45, 7) is 3.95. The van der Waals surface area contributed by atoms with Gasteiger partial charge in [0, 0.05) is 25.0 Å². The zero-order chi connectivity index (χ0) is 13.6. The lowest BCUT2D eigenvalue weighted by molar-refractivity contribution is 0.599. The topological polar surface area (TPSA) is 63.4 Å². The third kappa shape index (κ3) is 5.06. The molecule has 0 saturated heterocycles. The summed E-state index contributed by atoms with van der Waals surface area (Å²) in [7, 11) is -2.94. The SMILES string of the molecule is Cc1ccccc1N(CCCN)CCS(C)(=O)=O. The molecule has 0 aliphatic carbocycles. The van der Waals surface area contributed by atoms with E-state index in [0.717, 1.165) is 24.2 Å². The van der Waals surface area contributed by atoms with Crippen molar-refractivity contribution in [3.05, 3.63) is 29.8 Å². The lowest BCUT2D eigenvalue weighted by atomic mass is 10.1. The number of nitrogens with zero attached hydrogens (tertiary/aromatic N) is 1. The molecule has 0 spiro atoms. The summed E-state index contributed by atoms with van der Waals surface area (Å²) in [5.41, 5.74) is 7.78. The number of aryl methyl sites for hydroxylation is 1. The van der Waals surface area contributed by atoms with E-state index in [9.17, 15) is 8.42 Å². The minimum absolute atomic E-state index is 0.173. The Balaban J connectivity index is 2.81. The number of anilines is 1. The first kappa shape index (κ1) is 15.0. The van der Waals surface area contributed by atoms with Crippen molar-refractivity contribution in [3.8, 4) is 0 Å². The first-order valence-corrected chi connectivity index (χ1v) is 8.18. The number of nitrogens with two attached hydrogens (primary N) is 1. The summed E-state index contributed by atoms with van der Waals surface area (Å²) in [6.07, 6.45) is 2.13. The van der Waals surface area contributed by atoms with Gasteiger partial charge in [-0.3, -0.25) is 0 Å². The zero-order valence-corrected chi connectivity index (χ0v) is 11.9. The van der Waals surface area contributed by atoms with Gasteiger partial charge in [0.05, 0.1) is 5.75 Å². The number of hydrogen-bond acceptors (Lipinski definition) is 4. The van der Waals surface area contributed by atoms with Crippen molar-refractivity contribution < 1.29 is 8.42 Å². The predicted octanol–water partition coefficient (Wildman–Crippen LogP) is 1.19. The molecule has 2 N–H and O–H groups in total. The number of benzene rings is 1. The Hall–Kier alpha value is -1.07. The van der Waals surface area contributed by atoms with Crippen LogP contribution in [0.3, 0.4) is 0 Å². The normalized spacial score (nSPS) is 11.5. The van der Waals surface area contributed by atoms with Crippen LogP contribution in [0.2, 0.25) is 0 Å². The van der Waals surface area contributed by atoms with Crippen LogP contribution in [-0.4, -0.2) is 40.1 Å². The maximum absolute atomic E-state index is 11.3. The van der Waals surface area contributed by atoms with Crippen LogP contribution in [0.1, 0.15) is 12.0 Å². The molecular weight excluding hydrogens is 248 g/mol. The van der Waals surface area contributed by atoms with Gasteiger partial charge in [-0.05, 0) is 31.5 Å². The van der Waals surface area contributed by atoms with Gasteiger partial charge >= 0.3 is 0 Å². The van der Waals surface area contributed by atoms with Crippen LogP contribution in [0.25, 0.3) is 0 Å². The molecule has 0 heterocycles. The van der Waals surface area contributed by atoms with Crippen molar-refractivity contribution in [3.63, 3.8) is 0 Å². The Bertz CT molecular complexity index is 472. The molecule has 0 unspecified atom stereocenters. The van der Waals surface area contributed by atoms with Gasteiger partial charge in [-0.1, -0.05) is 18.2 Å². The van der Waals surface area contributed by atoms with E-state index < -0.39 is 9.84 Å². The van der Waals surface area contributed by atoms with Crippen molar-refractivity contribution >= 4 is 15.5 Å². The molecule has 1 rings (SSSR count). The summed E-state index contributed by atoms with van der Waals surface area (Å²) in [6, 6.07) is 8.01. The van der Waals surface area contributed by atoms with Crippen LogP contribution in [0.5, 0.6) is 0 Å². The highest BCUT2D eigenvalue weighted by Crippen LogP contribution is 2.19. The fraction of sp³-hybridized carbons (Fsp3) is 0.538. The van der Waals surface area contributed by atoms with E-state index in [2.05, 4.69) is 4.90 Å². The van der Waals surface area contributed by atoms with Crippen LogP contribution in [0.4, 0.5) is 5.69 Å². The highest BCUT2D eigenvalue weighted by Gasteiger charge is 2.11. The average molecular weight is 270 g/mol. The lowest BCUT2D eigenvalue weighted by Crippen LogP contribution is -2.31. The molecule has 4 nitrogen and oxygen atoms in total. The molecule has 102 valence electrons. The van der Waals surface area contributed by atoms with E-state index >= 15 is 0 Å². The Kier molecular flexibility index (Phi) is 5.62. The second-order valence-electron chi connectivity index (χ2n) is 4.55. The molecule has 0 aliphatic heterocycles. The molecule has 1 aromatic rings. The average Bonchev–Trinajstić information content (AvgIpc) is 2.29.